The molecule has 0 saturated heterocycles. The zero-order chi connectivity index (χ0) is 21.2. The van der Waals surface area contributed by atoms with Crippen molar-refractivity contribution in [2.45, 2.75) is 38.7 Å². The summed E-state index contributed by atoms with van der Waals surface area (Å²) in [7, 11) is 0. The van der Waals surface area contributed by atoms with Crippen LogP contribution in [0.5, 0.6) is 11.5 Å². The monoisotopic (exact) mass is 399 g/mol. The Hall–Kier alpha value is -2.43. The van der Waals surface area contributed by atoms with E-state index in [4.69, 9.17) is 15.2 Å². The first-order valence-corrected chi connectivity index (χ1v) is 9.04. The van der Waals surface area contributed by atoms with E-state index in [-0.39, 0.29) is 36.7 Å². The number of hydrogen-bond acceptors (Lipinski definition) is 8. The van der Waals surface area contributed by atoms with Crippen molar-refractivity contribution in [3.8, 4) is 11.5 Å². The molecule has 0 aliphatic carbocycles. The Labute approximate surface area is 163 Å². The van der Waals surface area contributed by atoms with E-state index in [1.807, 2.05) is 13.8 Å². The van der Waals surface area contributed by atoms with Crippen molar-refractivity contribution < 1.29 is 29.4 Å². The maximum absolute atomic E-state index is 11.9. The Morgan fingerprint density at radius 3 is 2.61 bits per heavy atom. The Balaban J connectivity index is 2.39. The van der Waals surface area contributed by atoms with Crippen LogP contribution in [-0.2, 0) is 20.7 Å². The smallest absolute Gasteiger partial charge is 0.276 e. The molecule has 0 aliphatic rings. The van der Waals surface area contributed by atoms with E-state index in [2.05, 4.69) is 5.32 Å². The second kappa shape index (κ2) is 11.4. The number of ether oxygens (including phenoxy) is 2. The Bertz CT molecular complexity index is 665. The van der Waals surface area contributed by atoms with E-state index in [1.54, 1.807) is 0 Å². The molecule has 10 heteroatoms. The molecule has 1 amide bonds. The number of nitrogens with one attached hydrogen (secondary N) is 1. The van der Waals surface area contributed by atoms with Gasteiger partial charge in [0.2, 0.25) is 5.91 Å². The molecule has 0 radical (unpaired) electrons. The lowest BCUT2D eigenvalue weighted by Gasteiger charge is -2.25. The number of hydrogen-bond donors (Lipinski definition) is 4. The number of nitrogens with two attached hydrogens (primary N) is 1. The summed E-state index contributed by atoms with van der Waals surface area (Å²) in [6.45, 7) is 5.35. The van der Waals surface area contributed by atoms with Crippen molar-refractivity contribution >= 4 is 11.6 Å². The van der Waals surface area contributed by atoms with Crippen LogP contribution in [0, 0.1) is 10.1 Å². The molecular formula is C18H29N3O7. The third-order valence-corrected chi connectivity index (χ3v) is 4.02. The van der Waals surface area contributed by atoms with Gasteiger partial charge in [0.1, 0.15) is 6.61 Å². The summed E-state index contributed by atoms with van der Waals surface area (Å²) in [5.74, 6) is -1.38. The van der Waals surface area contributed by atoms with Crippen LogP contribution in [-0.4, -0.2) is 59.6 Å². The highest BCUT2D eigenvalue weighted by molar-refractivity contribution is 5.77. The summed E-state index contributed by atoms with van der Waals surface area (Å²) in [5.41, 5.74) is 4.73. The lowest BCUT2D eigenvalue weighted by atomic mass is 10.1. The van der Waals surface area contributed by atoms with Crippen LogP contribution in [0.25, 0.3) is 0 Å². The molecule has 0 aliphatic heterocycles. The molecule has 0 aromatic heterocycles. The van der Waals surface area contributed by atoms with Crippen molar-refractivity contribution in [3.05, 3.63) is 27.8 Å². The average Bonchev–Trinajstić information content (AvgIpc) is 2.62. The molecule has 0 heterocycles. The third kappa shape index (κ3) is 8.51. The van der Waals surface area contributed by atoms with Crippen molar-refractivity contribution in [2.75, 3.05) is 32.9 Å². The molecule has 0 bridgehead atoms. The van der Waals surface area contributed by atoms with Gasteiger partial charge in [0, 0.05) is 25.3 Å². The summed E-state index contributed by atoms with van der Waals surface area (Å²) >= 11 is 0. The Kier molecular flexibility index (Phi) is 9.63. The summed E-state index contributed by atoms with van der Waals surface area (Å²) in [6, 6.07) is 2.00. The van der Waals surface area contributed by atoms with E-state index in [0.29, 0.717) is 26.2 Å². The van der Waals surface area contributed by atoms with E-state index in [0.717, 1.165) is 18.6 Å². The average molecular weight is 399 g/mol. The van der Waals surface area contributed by atoms with Gasteiger partial charge in [-0.05, 0) is 45.7 Å². The molecule has 0 saturated carbocycles. The number of amides is 1. The minimum Gasteiger partial charge on any atom is -0.504 e. The van der Waals surface area contributed by atoms with E-state index < -0.39 is 22.0 Å². The first kappa shape index (κ1) is 23.6. The van der Waals surface area contributed by atoms with Gasteiger partial charge < -0.3 is 30.7 Å². The lowest BCUT2D eigenvalue weighted by Crippen LogP contribution is -2.35. The highest BCUT2D eigenvalue weighted by Gasteiger charge is 2.20. The first-order chi connectivity index (χ1) is 13.2. The van der Waals surface area contributed by atoms with Gasteiger partial charge in [0.25, 0.3) is 5.69 Å². The normalized spacial score (nSPS) is 11.4. The molecule has 1 rings (SSSR count). The number of benzene rings is 1. The van der Waals surface area contributed by atoms with Crippen LogP contribution < -0.4 is 11.1 Å². The van der Waals surface area contributed by atoms with Crippen molar-refractivity contribution in [3.63, 3.8) is 0 Å². The third-order valence-electron chi connectivity index (χ3n) is 4.02. The highest BCUT2D eigenvalue weighted by atomic mass is 16.6. The maximum atomic E-state index is 11.9. The summed E-state index contributed by atoms with van der Waals surface area (Å²) < 4.78 is 11.0. The standard InChI is InChI=1S/C18H29N3O7/c1-18(2,5-9-27-8-3-6-19)28-12-17(24)20-7-4-13-10-15(22)16(23)11-14(13)21(25)26/h10-11,22-23H,3-9,12,19H2,1-2H3,(H,20,24). The van der Waals surface area contributed by atoms with Crippen molar-refractivity contribution in [2.24, 2.45) is 5.73 Å². The van der Waals surface area contributed by atoms with Crippen LogP contribution in [0.3, 0.4) is 0 Å². The zero-order valence-electron chi connectivity index (χ0n) is 16.3. The van der Waals surface area contributed by atoms with E-state index >= 15 is 0 Å². The molecule has 0 spiro atoms. The first-order valence-electron chi connectivity index (χ1n) is 9.04. The van der Waals surface area contributed by atoms with Gasteiger partial charge in [-0.1, -0.05) is 0 Å². The van der Waals surface area contributed by atoms with Gasteiger partial charge in [-0.3, -0.25) is 14.9 Å². The van der Waals surface area contributed by atoms with Gasteiger partial charge in [-0.25, -0.2) is 0 Å². The summed E-state index contributed by atoms with van der Waals surface area (Å²) in [6.07, 6.45) is 1.53. The lowest BCUT2D eigenvalue weighted by molar-refractivity contribution is -0.385. The predicted molar refractivity (Wildman–Crippen MR) is 102 cm³/mol. The van der Waals surface area contributed by atoms with Crippen LogP contribution in [0.2, 0.25) is 0 Å². The molecule has 0 atom stereocenters. The predicted octanol–water partition coefficient (Wildman–Crippen LogP) is 1.22. The molecule has 1 aromatic carbocycles. The quantitative estimate of drug-likeness (QED) is 0.167. The number of nitrogens with zero attached hydrogens (tertiary/aromatic N) is 1. The second-order valence-electron chi connectivity index (χ2n) is 6.88. The number of carbonyl (C=O) groups excluding carboxylic acids is 1. The van der Waals surface area contributed by atoms with Gasteiger partial charge in [0.05, 0.1) is 16.6 Å². The topological polar surface area (TPSA) is 157 Å². The van der Waals surface area contributed by atoms with Crippen molar-refractivity contribution in [1.82, 2.24) is 5.32 Å². The van der Waals surface area contributed by atoms with Gasteiger partial charge in [-0.2, -0.15) is 0 Å². The SMILES string of the molecule is CC(C)(CCOCCCN)OCC(=O)NCCc1cc(O)c(O)cc1[N+](=O)[O-]. The number of carbonyl (C=O) groups is 1. The van der Waals surface area contributed by atoms with Crippen molar-refractivity contribution in [1.29, 1.82) is 0 Å². The van der Waals surface area contributed by atoms with Crippen LogP contribution >= 0.6 is 0 Å². The number of phenols is 2. The largest absolute Gasteiger partial charge is 0.504 e. The fraction of sp³-hybridized carbons (Fsp3) is 0.611. The zero-order valence-corrected chi connectivity index (χ0v) is 16.3. The molecule has 28 heavy (non-hydrogen) atoms. The minimum atomic E-state index is -0.655. The number of phenolic OH excluding ortho intramolecular Hbond substituents is 2. The summed E-state index contributed by atoms with van der Waals surface area (Å²) in [5, 5.41) is 32.5. The number of nitro benzene ring substituents is 1. The second-order valence-corrected chi connectivity index (χ2v) is 6.88. The Morgan fingerprint density at radius 2 is 1.96 bits per heavy atom. The molecule has 0 unspecified atom stereocenters. The number of aromatic hydroxyl groups is 2. The van der Waals surface area contributed by atoms with E-state index in [1.165, 1.54) is 0 Å². The maximum Gasteiger partial charge on any atom is 0.276 e. The van der Waals surface area contributed by atoms with E-state index in [9.17, 15) is 25.1 Å². The molecular weight excluding hydrogens is 370 g/mol. The summed E-state index contributed by atoms with van der Waals surface area (Å²) in [4.78, 5) is 22.3. The molecule has 0 fully saturated rings. The fourth-order valence-electron chi connectivity index (χ4n) is 2.31. The van der Waals surface area contributed by atoms with Crippen LogP contribution in [0.4, 0.5) is 5.69 Å². The number of rotatable bonds is 13. The van der Waals surface area contributed by atoms with Crippen LogP contribution in [0.1, 0.15) is 32.3 Å². The number of nitro groups is 1. The Morgan fingerprint density at radius 1 is 1.29 bits per heavy atom. The molecule has 1 aromatic rings. The highest BCUT2D eigenvalue weighted by Crippen LogP contribution is 2.32. The van der Waals surface area contributed by atoms with Crippen LogP contribution in [0.15, 0.2) is 12.1 Å². The molecule has 5 N–H and O–H groups in total. The fourth-order valence-corrected chi connectivity index (χ4v) is 2.31. The minimum absolute atomic E-state index is 0.119. The van der Waals surface area contributed by atoms with Gasteiger partial charge in [0.15, 0.2) is 11.5 Å². The molecule has 158 valence electrons. The van der Waals surface area contributed by atoms with Gasteiger partial charge >= 0.3 is 0 Å². The molecule has 10 nitrogen and oxygen atoms in total. The van der Waals surface area contributed by atoms with Gasteiger partial charge in [-0.15, -0.1) is 0 Å².